The molecule has 3 heteroatoms. The number of carbonyl (C=O) groups is 1. The predicted molar refractivity (Wildman–Crippen MR) is 71.9 cm³/mol. The van der Waals surface area contributed by atoms with E-state index in [-0.39, 0.29) is 11.3 Å². The molecule has 1 rings (SSSR count). The summed E-state index contributed by atoms with van der Waals surface area (Å²) in [5.41, 5.74) is -0.118. The molecule has 1 fully saturated rings. The first-order valence-corrected chi connectivity index (χ1v) is 7.10. The Labute approximate surface area is 106 Å². The number of hydrogen-bond donors (Lipinski definition) is 2. The lowest BCUT2D eigenvalue weighted by Crippen LogP contribution is -2.42. The van der Waals surface area contributed by atoms with Gasteiger partial charge in [0.2, 0.25) is 5.91 Å². The second-order valence-corrected chi connectivity index (χ2v) is 5.75. The Morgan fingerprint density at radius 1 is 1.47 bits per heavy atom. The van der Waals surface area contributed by atoms with Gasteiger partial charge in [0.05, 0.1) is 5.41 Å². The molecule has 3 nitrogen and oxygen atoms in total. The Hall–Kier alpha value is -0.570. The summed E-state index contributed by atoms with van der Waals surface area (Å²) in [5.74, 6) is 0.998. The molecule has 0 aromatic rings. The molecule has 1 saturated heterocycles. The third kappa shape index (κ3) is 4.30. The second-order valence-electron chi connectivity index (χ2n) is 5.75. The van der Waals surface area contributed by atoms with Gasteiger partial charge in [-0.05, 0) is 38.1 Å². The topological polar surface area (TPSA) is 41.1 Å². The molecule has 1 aliphatic heterocycles. The van der Waals surface area contributed by atoms with Crippen LogP contribution >= 0.6 is 0 Å². The van der Waals surface area contributed by atoms with Crippen molar-refractivity contribution in [1.29, 1.82) is 0 Å². The fraction of sp³-hybridized carbons (Fsp3) is 0.929. The molecule has 0 radical (unpaired) electrons. The Morgan fingerprint density at radius 2 is 2.24 bits per heavy atom. The summed E-state index contributed by atoms with van der Waals surface area (Å²) in [7, 11) is 0. The van der Waals surface area contributed by atoms with Crippen molar-refractivity contribution in [1.82, 2.24) is 10.6 Å². The zero-order chi connectivity index (χ0) is 12.7. The zero-order valence-electron chi connectivity index (χ0n) is 11.6. The number of carbonyl (C=O) groups excluding carboxylic acids is 1. The van der Waals surface area contributed by atoms with Crippen molar-refractivity contribution in [2.75, 3.05) is 19.6 Å². The fourth-order valence-corrected chi connectivity index (χ4v) is 2.64. The van der Waals surface area contributed by atoms with Gasteiger partial charge in [0.1, 0.15) is 0 Å². The van der Waals surface area contributed by atoms with Crippen LogP contribution in [0.5, 0.6) is 0 Å². The molecular formula is C14H28N2O. The molecule has 100 valence electrons. The number of hydrogen-bond acceptors (Lipinski definition) is 2. The lowest BCUT2D eigenvalue weighted by molar-refractivity contribution is -0.130. The number of rotatable bonds is 7. The third-order valence-corrected chi connectivity index (χ3v) is 3.70. The average Bonchev–Trinajstić information content (AvgIpc) is 2.74. The van der Waals surface area contributed by atoms with Crippen LogP contribution in [0.25, 0.3) is 0 Å². The van der Waals surface area contributed by atoms with Crippen LogP contribution in [0, 0.1) is 11.3 Å². The normalized spacial score (nSPS) is 24.2. The van der Waals surface area contributed by atoms with Crippen LogP contribution in [-0.4, -0.2) is 25.5 Å². The van der Waals surface area contributed by atoms with E-state index in [0.717, 1.165) is 51.2 Å². The van der Waals surface area contributed by atoms with Gasteiger partial charge in [-0.25, -0.2) is 0 Å². The van der Waals surface area contributed by atoms with Gasteiger partial charge in [-0.3, -0.25) is 4.79 Å². The molecule has 0 aromatic carbocycles. The summed E-state index contributed by atoms with van der Waals surface area (Å²) < 4.78 is 0. The largest absolute Gasteiger partial charge is 0.356 e. The molecule has 0 bridgehead atoms. The van der Waals surface area contributed by atoms with E-state index in [0.29, 0.717) is 0 Å². The highest BCUT2D eigenvalue weighted by Gasteiger charge is 2.39. The maximum atomic E-state index is 12.3. The van der Waals surface area contributed by atoms with E-state index in [4.69, 9.17) is 0 Å². The highest BCUT2D eigenvalue weighted by Crippen LogP contribution is 2.31. The lowest BCUT2D eigenvalue weighted by Gasteiger charge is -2.26. The first kappa shape index (κ1) is 14.5. The first-order chi connectivity index (χ1) is 8.10. The van der Waals surface area contributed by atoms with Crippen LogP contribution in [-0.2, 0) is 4.79 Å². The summed E-state index contributed by atoms with van der Waals surface area (Å²) in [4.78, 5) is 12.3. The van der Waals surface area contributed by atoms with E-state index in [1.807, 2.05) is 0 Å². The Kier molecular flexibility index (Phi) is 5.96. The van der Waals surface area contributed by atoms with Crippen LogP contribution in [0.4, 0.5) is 0 Å². The molecule has 2 N–H and O–H groups in total. The fourth-order valence-electron chi connectivity index (χ4n) is 2.64. The molecule has 0 saturated carbocycles. The maximum absolute atomic E-state index is 12.3. The van der Waals surface area contributed by atoms with E-state index in [1.165, 1.54) is 6.42 Å². The van der Waals surface area contributed by atoms with Gasteiger partial charge in [-0.15, -0.1) is 0 Å². The van der Waals surface area contributed by atoms with E-state index >= 15 is 0 Å². The standard InChI is InChI=1S/C14H28N2O/c1-4-7-14(8-10-15-11-14)13(17)16-9-5-6-12(2)3/h12,15H,4-11H2,1-3H3,(H,16,17). The quantitative estimate of drug-likeness (QED) is 0.671. The highest BCUT2D eigenvalue weighted by atomic mass is 16.2. The summed E-state index contributed by atoms with van der Waals surface area (Å²) in [6, 6.07) is 0. The predicted octanol–water partition coefficient (Wildman–Crippen LogP) is 2.32. The molecule has 1 atom stereocenters. The van der Waals surface area contributed by atoms with Gasteiger partial charge in [0.15, 0.2) is 0 Å². The van der Waals surface area contributed by atoms with Crippen molar-refractivity contribution in [3.8, 4) is 0 Å². The minimum atomic E-state index is -0.118. The minimum absolute atomic E-state index is 0.118. The molecule has 0 aliphatic carbocycles. The van der Waals surface area contributed by atoms with Crippen molar-refractivity contribution in [2.45, 2.75) is 52.9 Å². The highest BCUT2D eigenvalue weighted by molar-refractivity contribution is 5.83. The van der Waals surface area contributed by atoms with Crippen LogP contribution in [0.3, 0.4) is 0 Å². The SMILES string of the molecule is CCCC1(C(=O)NCCCC(C)C)CCNC1. The maximum Gasteiger partial charge on any atom is 0.227 e. The zero-order valence-corrected chi connectivity index (χ0v) is 11.6. The molecule has 0 spiro atoms. The van der Waals surface area contributed by atoms with Gasteiger partial charge < -0.3 is 10.6 Å². The number of amides is 1. The molecule has 17 heavy (non-hydrogen) atoms. The first-order valence-electron chi connectivity index (χ1n) is 7.10. The van der Waals surface area contributed by atoms with Crippen molar-refractivity contribution in [3.05, 3.63) is 0 Å². The minimum Gasteiger partial charge on any atom is -0.356 e. The number of nitrogens with one attached hydrogen (secondary N) is 2. The van der Waals surface area contributed by atoms with Crippen LogP contribution in [0.1, 0.15) is 52.9 Å². The molecule has 1 unspecified atom stereocenters. The van der Waals surface area contributed by atoms with Gasteiger partial charge in [0.25, 0.3) is 0 Å². The van der Waals surface area contributed by atoms with E-state index < -0.39 is 0 Å². The summed E-state index contributed by atoms with van der Waals surface area (Å²) in [5, 5.41) is 6.45. The Morgan fingerprint density at radius 3 is 2.76 bits per heavy atom. The van der Waals surface area contributed by atoms with Crippen molar-refractivity contribution in [3.63, 3.8) is 0 Å². The Balaban J connectivity index is 2.33. The van der Waals surface area contributed by atoms with Crippen LogP contribution in [0.15, 0.2) is 0 Å². The van der Waals surface area contributed by atoms with E-state index in [2.05, 4.69) is 31.4 Å². The second kappa shape index (κ2) is 7.00. The molecule has 1 aliphatic rings. The van der Waals surface area contributed by atoms with Gasteiger partial charge in [-0.2, -0.15) is 0 Å². The van der Waals surface area contributed by atoms with Gasteiger partial charge in [-0.1, -0.05) is 27.2 Å². The lowest BCUT2D eigenvalue weighted by atomic mass is 9.81. The molecule has 1 heterocycles. The van der Waals surface area contributed by atoms with E-state index in [1.54, 1.807) is 0 Å². The van der Waals surface area contributed by atoms with Gasteiger partial charge >= 0.3 is 0 Å². The Bertz CT molecular complexity index is 232. The monoisotopic (exact) mass is 240 g/mol. The molecular weight excluding hydrogens is 212 g/mol. The summed E-state index contributed by atoms with van der Waals surface area (Å²) >= 11 is 0. The molecule has 1 amide bonds. The third-order valence-electron chi connectivity index (χ3n) is 3.70. The smallest absolute Gasteiger partial charge is 0.227 e. The van der Waals surface area contributed by atoms with Crippen molar-refractivity contribution >= 4 is 5.91 Å². The molecule has 0 aromatic heterocycles. The average molecular weight is 240 g/mol. The van der Waals surface area contributed by atoms with E-state index in [9.17, 15) is 4.79 Å². The van der Waals surface area contributed by atoms with Crippen LogP contribution in [0.2, 0.25) is 0 Å². The van der Waals surface area contributed by atoms with Gasteiger partial charge in [0, 0.05) is 13.1 Å². The summed E-state index contributed by atoms with van der Waals surface area (Å²) in [6.45, 7) is 9.29. The van der Waals surface area contributed by atoms with Crippen molar-refractivity contribution < 1.29 is 4.79 Å². The summed E-state index contributed by atoms with van der Waals surface area (Å²) in [6.07, 6.45) is 5.38. The van der Waals surface area contributed by atoms with Crippen LogP contribution < -0.4 is 10.6 Å². The van der Waals surface area contributed by atoms with Crippen molar-refractivity contribution in [2.24, 2.45) is 11.3 Å².